The van der Waals surface area contributed by atoms with Crippen LogP contribution in [0.5, 0.6) is 0 Å². The zero-order chi connectivity index (χ0) is 18.5. The molecule has 1 aromatic heterocycles. The number of aromatic nitrogens is 2. The number of carbonyl (C=O) groups is 1. The van der Waals surface area contributed by atoms with Crippen LogP contribution >= 0.6 is 0 Å². The largest absolute Gasteiger partial charge is 0.338 e. The van der Waals surface area contributed by atoms with Crippen molar-refractivity contribution in [2.45, 2.75) is 6.42 Å². The molecule has 1 heterocycles. The van der Waals surface area contributed by atoms with Gasteiger partial charge in [-0.15, -0.1) is 0 Å². The van der Waals surface area contributed by atoms with Gasteiger partial charge in [0.2, 0.25) is 0 Å². The number of nitrogens with one attached hydrogen (secondary N) is 2. The normalized spacial score (nSPS) is 10.6. The minimum Gasteiger partial charge on any atom is -0.338 e. The van der Waals surface area contributed by atoms with E-state index in [4.69, 9.17) is 0 Å². The van der Waals surface area contributed by atoms with Gasteiger partial charge in [-0.1, -0.05) is 30.3 Å². The lowest BCUT2D eigenvalue weighted by molar-refractivity contribution is 0.252. The van der Waals surface area contributed by atoms with E-state index in [0.29, 0.717) is 23.4 Å². The summed E-state index contributed by atoms with van der Waals surface area (Å²) in [7, 11) is 1.77. The van der Waals surface area contributed by atoms with Gasteiger partial charge in [-0.2, -0.15) is 5.10 Å². The Kier molecular flexibility index (Phi) is 5.26. The number of amides is 2. The molecule has 0 atom stereocenters. The molecule has 0 saturated carbocycles. The fourth-order valence-electron chi connectivity index (χ4n) is 2.63. The third kappa shape index (κ3) is 4.44. The first-order valence-corrected chi connectivity index (χ1v) is 8.10. The maximum Gasteiger partial charge on any atom is 0.319 e. The molecule has 0 aliphatic carbocycles. The zero-order valence-electron chi connectivity index (χ0n) is 14.2. The number of benzene rings is 2. The molecule has 0 radical (unpaired) electrons. The molecular weight excluding hydrogens is 338 g/mol. The lowest BCUT2D eigenvalue weighted by Crippen LogP contribution is -2.30. The number of carbonyl (C=O) groups excluding carboxylic acids is 1. The van der Waals surface area contributed by atoms with Gasteiger partial charge >= 0.3 is 6.03 Å². The van der Waals surface area contributed by atoms with Gasteiger partial charge in [-0.05, 0) is 24.1 Å². The third-order valence-electron chi connectivity index (χ3n) is 3.75. The Balaban J connectivity index is 1.60. The van der Waals surface area contributed by atoms with Crippen molar-refractivity contribution in [1.82, 2.24) is 15.1 Å². The number of aryl methyl sites for hydroxylation is 1. The summed E-state index contributed by atoms with van der Waals surface area (Å²) >= 11 is 0. The Labute approximate surface area is 149 Å². The molecule has 134 valence electrons. The summed E-state index contributed by atoms with van der Waals surface area (Å²) in [6, 6.07) is 12.4. The first-order chi connectivity index (χ1) is 12.5. The molecule has 26 heavy (non-hydrogen) atoms. The highest BCUT2D eigenvalue weighted by Crippen LogP contribution is 2.25. The molecule has 3 aromatic rings. The fourth-order valence-corrected chi connectivity index (χ4v) is 2.63. The molecule has 2 amide bonds. The van der Waals surface area contributed by atoms with Crippen LogP contribution < -0.4 is 10.6 Å². The summed E-state index contributed by atoms with van der Waals surface area (Å²) in [5.41, 5.74) is 2.61. The monoisotopic (exact) mass is 356 g/mol. The van der Waals surface area contributed by atoms with Crippen LogP contribution in [0.2, 0.25) is 0 Å². The second-order valence-corrected chi connectivity index (χ2v) is 5.84. The van der Waals surface area contributed by atoms with Gasteiger partial charge in [0, 0.05) is 31.4 Å². The molecular formula is C19H18F2N4O. The van der Waals surface area contributed by atoms with E-state index in [1.807, 2.05) is 30.3 Å². The zero-order valence-corrected chi connectivity index (χ0v) is 14.2. The van der Waals surface area contributed by atoms with Crippen molar-refractivity contribution in [3.8, 4) is 11.3 Å². The number of rotatable bonds is 5. The highest BCUT2D eigenvalue weighted by Gasteiger charge is 2.12. The van der Waals surface area contributed by atoms with E-state index in [2.05, 4.69) is 15.7 Å². The van der Waals surface area contributed by atoms with Gasteiger partial charge in [0.25, 0.3) is 0 Å². The Hall–Kier alpha value is -3.22. The number of nitrogens with zero attached hydrogens (tertiary/aromatic N) is 2. The van der Waals surface area contributed by atoms with Crippen LogP contribution in [0.25, 0.3) is 11.3 Å². The van der Waals surface area contributed by atoms with Crippen LogP contribution in [0.1, 0.15) is 5.56 Å². The van der Waals surface area contributed by atoms with Crippen molar-refractivity contribution < 1.29 is 13.6 Å². The molecule has 2 aromatic carbocycles. The summed E-state index contributed by atoms with van der Waals surface area (Å²) < 4.78 is 27.9. The standard InChI is InChI=1S/C19H18F2N4O/c1-25-12-17(18(24-25)14-5-3-2-4-6-14)23-19(26)22-8-7-13-9-15(20)11-16(21)10-13/h2-6,9-12H,7-8H2,1H3,(H2,22,23,26). The highest BCUT2D eigenvalue weighted by molar-refractivity contribution is 5.93. The Morgan fingerprint density at radius 2 is 1.81 bits per heavy atom. The van der Waals surface area contributed by atoms with Gasteiger partial charge in [0.05, 0.1) is 5.69 Å². The molecule has 7 heteroatoms. The van der Waals surface area contributed by atoms with Gasteiger partial charge < -0.3 is 10.6 Å². The molecule has 0 fully saturated rings. The Morgan fingerprint density at radius 1 is 1.12 bits per heavy atom. The minimum absolute atomic E-state index is 0.246. The molecule has 0 aliphatic heterocycles. The van der Waals surface area contributed by atoms with Crippen molar-refractivity contribution in [1.29, 1.82) is 0 Å². The summed E-state index contributed by atoms with van der Waals surface area (Å²) in [6.07, 6.45) is 2.03. The predicted octanol–water partition coefficient (Wildman–Crippen LogP) is 3.73. The SMILES string of the molecule is Cn1cc(NC(=O)NCCc2cc(F)cc(F)c2)c(-c2ccccc2)n1. The second-order valence-electron chi connectivity index (χ2n) is 5.84. The first kappa shape index (κ1) is 17.6. The maximum atomic E-state index is 13.2. The lowest BCUT2D eigenvalue weighted by Gasteiger charge is -2.08. The van der Waals surface area contributed by atoms with E-state index in [9.17, 15) is 13.6 Å². The van der Waals surface area contributed by atoms with E-state index in [-0.39, 0.29) is 6.54 Å². The van der Waals surface area contributed by atoms with Crippen molar-refractivity contribution >= 4 is 11.7 Å². The molecule has 0 spiro atoms. The topological polar surface area (TPSA) is 59.0 Å². The van der Waals surface area contributed by atoms with Crippen LogP contribution in [0.3, 0.4) is 0 Å². The van der Waals surface area contributed by atoms with Gasteiger partial charge in [-0.3, -0.25) is 4.68 Å². The molecule has 0 saturated heterocycles. The number of anilines is 1. The van der Waals surface area contributed by atoms with E-state index in [1.54, 1.807) is 17.9 Å². The maximum absolute atomic E-state index is 13.2. The summed E-state index contributed by atoms with van der Waals surface area (Å²) in [5, 5.41) is 9.80. The van der Waals surface area contributed by atoms with Crippen LogP contribution in [-0.2, 0) is 13.5 Å². The van der Waals surface area contributed by atoms with Crippen molar-refractivity contribution in [3.05, 3.63) is 71.9 Å². The second kappa shape index (κ2) is 7.77. The molecule has 0 unspecified atom stereocenters. The summed E-state index contributed by atoms with van der Waals surface area (Å²) in [5.74, 6) is -1.26. The van der Waals surface area contributed by atoms with Gasteiger partial charge in [-0.25, -0.2) is 13.6 Å². The summed E-state index contributed by atoms with van der Waals surface area (Å²) in [4.78, 5) is 12.1. The number of urea groups is 1. The number of hydrogen-bond acceptors (Lipinski definition) is 2. The van der Waals surface area contributed by atoms with Crippen molar-refractivity contribution in [3.63, 3.8) is 0 Å². The molecule has 0 aliphatic rings. The highest BCUT2D eigenvalue weighted by atomic mass is 19.1. The van der Waals surface area contributed by atoms with Crippen molar-refractivity contribution in [2.75, 3.05) is 11.9 Å². The smallest absolute Gasteiger partial charge is 0.319 e. The number of hydrogen-bond donors (Lipinski definition) is 2. The molecule has 0 bridgehead atoms. The molecule has 5 nitrogen and oxygen atoms in total. The minimum atomic E-state index is -0.632. The molecule has 3 rings (SSSR count). The average Bonchev–Trinajstić information content (AvgIpc) is 2.95. The van der Waals surface area contributed by atoms with E-state index in [1.165, 1.54) is 12.1 Å². The van der Waals surface area contributed by atoms with E-state index >= 15 is 0 Å². The Bertz CT molecular complexity index is 889. The lowest BCUT2D eigenvalue weighted by atomic mass is 10.1. The van der Waals surface area contributed by atoms with Gasteiger partial charge in [0.1, 0.15) is 17.3 Å². The van der Waals surface area contributed by atoms with E-state index < -0.39 is 17.7 Å². The Morgan fingerprint density at radius 3 is 2.50 bits per heavy atom. The van der Waals surface area contributed by atoms with Gasteiger partial charge in [0.15, 0.2) is 0 Å². The quantitative estimate of drug-likeness (QED) is 0.732. The average molecular weight is 356 g/mol. The van der Waals surface area contributed by atoms with Crippen molar-refractivity contribution in [2.24, 2.45) is 7.05 Å². The van der Waals surface area contributed by atoms with Crippen LogP contribution in [0.15, 0.2) is 54.7 Å². The fraction of sp³-hybridized carbons (Fsp3) is 0.158. The predicted molar refractivity (Wildman–Crippen MR) is 95.7 cm³/mol. The third-order valence-corrected chi connectivity index (χ3v) is 3.75. The first-order valence-electron chi connectivity index (χ1n) is 8.10. The van der Waals surface area contributed by atoms with E-state index in [0.717, 1.165) is 11.6 Å². The van der Waals surface area contributed by atoms with Crippen LogP contribution in [-0.4, -0.2) is 22.4 Å². The summed E-state index contributed by atoms with van der Waals surface area (Å²) in [6.45, 7) is 0.246. The van der Waals surface area contributed by atoms with Crippen LogP contribution in [0, 0.1) is 11.6 Å². The van der Waals surface area contributed by atoms with Crippen LogP contribution in [0.4, 0.5) is 19.3 Å². The number of halogens is 2. The molecule has 2 N–H and O–H groups in total.